The highest BCUT2D eigenvalue weighted by atomic mass is 32.1. The lowest BCUT2D eigenvalue weighted by molar-refractivity contribution is 0.208. The number of nitrogens with two attached hydrogens (primary N) is 1. The van der Waals surface area contributed by atoms with E-state index in [2.05, 4.69) is 20.3 Å². The van der Waals surface area contributed by atoms with Gasteiger partial charge in [0.1, 0.15) is 10.6 Å². The van der Waals surface area contributed by atoms with Gasteiger partial charge >= 0.3 is 0 Å². The van der Waals surface area contributed by atoms with Crippen LogP contribution < -0.4 is 16.2 Å². The number of fused-ring (bicyclic) bond motifs is 1. The van der Waals surface area contributed by atoms with E-state index in [1.54, 1.807) is 11.3 Å². The van der Waals surface area contributed by atoms with Crippen LogP contribution in [-0.2, 0) is 0 Å². The zero-order valence-corrected chi connectivity index (χ0v) is 11.4. The molecule has 2 aromatic rings. The highest BCUT2D eigenvalue weighted by Crippen LogP contribution is 2.31. The standard InChI is InChI=1S/C12H17N5OS/c13-16-12-14-10(9-3-5-19-11(9)15-12)17-4-1-2-8(6-17)7-18/h3,5,8,18H,1-2,4,6-7,13H2,(H,14,15,16). The average molecular weight is 279 g/mol. The first-order valence-corrected chi connectivity index (χ1v) is 7.27. The van der Waals surface area contributed by atoms with Gasteiger partial charge in [-0.3, -0.25) is 5.43 Å². The number of nitrogen functional groups attached to an aromatic ring is 1. The van der Waals surface area contributed by atoms with Crippen LogP contribution in [0, 0.1) is 5.92 Å². The quantitative estimate of drug-likeness (QED) is 0.578. The SMILES string of the molecule is NNc1nc(N2CCCC(CO)C2)c2ccsc2n1. The maximum atomic E-state index is 9.34. The van der Waals surface area contributed by atoms with Crippen molar-refractivity contribution >= 4 is 33.3 Å². The second kappa shape index (κ2) is 5.28. The minimum absolute atomic E-state index is 0.232. The first kappa shape index (κ1) is 12.6. The topological polar surface area (TPSA) is 87.3 Å². The molecule has 2 aromatic heterocycles. The Hall–Kier alpha value is -1.44. The molecular weight excluding hydrogens is 262 g/mol. The number of nitrogens with zero attached hydrogens (tertiary/aromatic N) is 3. The van der Waals surface area contributed by atoms with Gasteiger partial charge in [0.25, 0.3) is 0 Å². The molecule has 0 bridgehead atoms. The summed E-state index contributed by atoms with van der Waals surface area (Å²) in [7, 11) is 0. The minimum atomic E-state index is 0.232. The lowest BCUT2D eigenvalue weighted by atomic mass is 9.99. The number of aliphatic hydroxyl groups is 1. The molecule has 7 heteroatoms. The van der Waals surface area contributed by atoms with E-state index in [0.717, 1.165) is 42.0 Å². The van der Waals surface area contributed by atoms with Crippen LogP contribution in [0.25, 0.3) is 10.2 Å². The van der Waals surface area contributed by atoms with Crippen molar-refractivity contribution in [3.8, 4) is 0 Å². The van der Waals surface area contributed by atoms with Crippen LogP contribution in [0.4, 0.5) is 11.8 Å². The molecule has 0 aromatic carbocycles. The third kappa shape index (κ3) is 2.36. The van der Waals surface area contributed by atoms with E-state index in [1.807, 2.05) is 11.4 Å². The fourth-order valence-corrected chi connectivity index (χ4v) is 3.31. The monoisotopic (exact) mass is 279 g/mol. The van der Waals surface area contributed by atoms with Gasteiger partial charge in [-0.25, -0.2) is 10.8 Å². The van der Waals surface area contributed by atoms with Crippen molar-refractivity contribution in [1.29, 1.82) is 0 Å². The number of aromatic nitrogens is 2. The molecule has 1 fully saturated rings. The number of rotatable bonds is 3. The molecule has 1 unspecified atom stereocenters. The molecule has 0 saturated carbocycles. The van der Waals surface area contributed by atoms with E-state index in [0.29, 0.717) is 11.9 Å². The van der Waals surface area contributed by atoms with Crippen molar-refractivity contribution in [2.24, 2.45) is 11.8 Å². The molecule has 102 valence electrons. The van der Waals surface area contributed by atoms with Crippen LogP contribution in [0.15, 0.2) is 11.4 Å². The average Bonchev–Trinajstić information content (AvgIpc) is 2.94. The Morgan fingerprint density at radius 3 is 3.21 bits per heavy atom. The number of hydrazine groups is 1. The number of thiophene rings is 1. The lowest BCUT2D eigenvalue weighted by Crippen LogP contribution is -2.37. The predicted octanol–water partition coefficient (Wildman–Crippen LogP) is 1.19. The molecule has 3 heterocycles. The van der Waals surface area contributed by atoms with Gasteiger partial charge < -0.3 is 10.0 Å². The van der Waals surface area contributed by atoms with Crippen LogP contribution >= 0.6 is 11.3 Å². The molecule has 1 aliphatic rings. The van der Waals surface area contributed by atoms with Crippen molar-refractivity contribution in [1.82, 2.24) is 9.97 Å². The molecule has 6 nitrogen and oxygen atoms in total. The largest absolute Gasteiger partial charge is 0.396 e. The summed E-state index contributed by atoms with van der Waals surface area (Å²) in [6.45, 7) is 2.03. The van der Waals surface area contributed by atoms with Crippen LogP contribution in [-0.4, -0.2) is 34.8 Å². The predicted molar refractivity (Wildman–Crippen MR) is 77.2 cm³/mol. The number of nitrogens with one attached hydrogen (secondary N) is 1. The van der Waals surface area contributed by atoms with E-state index in [-0.39, 0.29) is 6.61 Å². The zero-order chi connectivity index (χ0) is 13.2. The summed E-state index contributed by atoms with van der Waals surface area (Å²) in [5.74, 6) is 7.11. The van der Waals surface area contributed by atoms with E-state index in [1.165, 1.54) is 0 Å². The second-order valence-corrected chi connectivity index (χ2v) is 5.69. The Bertz CT molecular complexity index is 572. The Labute approximate surface area is 115 Å². The summed E-state index contributed by atoms with van der Waals surface area (Å²) in [5.41, 5.74) is 2.52. The normalized spacial score (nSPS) is 19.9. The molecule has 0 spiro atoms. The summed E-state index contributed by atoms with van der Waals surface area (Å²) >= 11 is 1.58. The summed E-state index contributed by atoms with van der Waals surface area (Å²) in [6, 6.07) is 2.04. The van der Waals surface area contributed by atoms with Gasteiger partial charge in [-0.1, -0.05) is 0 Å². The lowest BCUT2D eigenvalue weighted by Gasteiger charge is -2.33. The summed E-state index contributed by atoms with van der Waals surface area (Å²) in [5, 5.41) is 12.4. The Kier molecular flexibility index (Phi) is 3.50. The molecule has 19 heavy (non-hydrogen) atoms. The maximum absolute atomic E-state index is 9.34. The first-order valence-electron chi connectivity index (χ1n) is 6.39. The van der Waals surface area contributed by atoms with Crippen molar-refractivity contribution in [2.45, 2.75) is 12.8 Å². The molecule has 3 rings (SSSR count). The molecule has 4 N–H and O–H groups in total. The van der Waals surface area contributed by atoms with Crippen molar-refractivity contribution < 1.29 is 5.11 Å². The number of hydrogen-bond acceptors (Lipinski definition) is 7. The smallest absolute Gasteiger partial charge is 0.240 e. The molecule has 0 aliphatic carbocycles. The zero-order valence-electron chi connectivity index (χ0n) is 10.5. The Morgan fingerprint density at radius 1 is 1.53 bits per heavy atom. The van der Waals surface area contributed by atoms with E-state index >= 15 is 0 Å². The van der Waals surface area contributed by atoms with Gasteiger partial charge in [0.05, 0.1) is 5.39 Å². The van der Waals surface area contributed by atoms with Crippen LogP contribution in [0.1, 0.15) is 12.8 Å². The molecular formula is C12H17N5OS. The van der Waals surface area contributed by atoms with Crippen LogP contribution in [0.2, 0.25) is 0 Å². The highest BCUT2D eigenvalue weighted by molar-refractivity contribution is 7.16. The second-order valence-electron chi connectivity index (χ2n) is 4.79. The first-order chi connectivity index (χ1) is 9.31. The van der Waals surface area contributed by atoms with Crippen molar-refractivity contribution in [3.63, 3.8) is 0 Å². The third-order valence-corrected chi connectivity index (χ3v) is 4.32. The Morgan fingerprint density at radius 2 is 2.42 bits per heavy atom. The van der Waals surface area contributed by atoms with Gasteiger partial charge in [0.2, 0.25) is 5.95 Å². The fourth-order valence-electron chi connectivity index (χ4n) is 2.55. The highest BCUT2D eigenvalue weighted by Gasteiger charge is 2.22. The third-order valence-electron chi connectivity index (χ3n) is 3.51. The van der Waals surface area contributed by atoms with E-state index in [9.17, 15) is 5.11 Å². The number of aliphatic hydroxyl groups excluding tert-OH is 1. The van der Waals surface area contributed by atoms with Crippen LogP contribution in [0.5, 0.6) is 0 Å². The van der Waals surface area contributed by atoms with Gasteiger partial charge in [0, 0.05) is 19.7 Å². The van der Waals surface area contributed by atoms with Gasteiger partial charge in [-0.05, 0) is 30.2 Å². The molecule has 1 atom stereocenters. The maximum Gasteiger partial charge on any atom is 0.240 e. The summed E-state index contributed by atoms with van der Waals surface area (Å²) in [6.07, 6.45) is 2.15. The fraction of sp³-hybridized carbons (Fsp3) is 0.500. The summed E-state index contributed by atoms with van der Waals surface area (Å²) in [4.78, 5) is 12.0. The number of piperidine rings is 1. The van der Waals surface area contributed by atoms with Gasteiger partial charge in [-0.15, -0.1) is 11.3 Å². The molecule has 0 radical (unpaired) electrons. The number of hydrogen-bond donors (Lipinski definition) is 3. The van der Waals surface area contributed by atoms with Gasteiger partial charge in [0.15, 0.2) is 0 Å². The van der Waals surface area contributed by atoms with E-state index in [4.69, 9.17) is 5.84 Å². The van der Waals surface area contributed by atoms with E-state index < -0.39 is 0 Å². The van der Waals surface area contributed by atoms with Crippen molar-refractivity contribution in [2.75, 3.05) is 30.0 Å². The molecule has 0 amide bonds. The number of anilines is 2. The molecule has 1 saturated heterocycles. The molecule has 1 aliphatic heterocycles. The minimum Gasteiger partial charge on any atom is -0.396 e. The van der Waals surface area contributed by atoms with Crippen LogP contribution in [0.3, 0.4) is 0 Å². The van der Waals surface area contributed by atoms with Gasteiger partial charge in [-0.2, -0.15) is 4.98 Å². The summed E-state index contributed by atoms with van der Waals surface area (Å²) < 4.78 is 0. The van der Waals surface area contributed by atoms with Crippen molar-refractivity contribution in [3.05, 3.63) is 11.4 Å². The Balaban J connectivity index is 2.00.